The number of halogens is 1. The normalized spacial score (nSPS) is 10.1. The van der Waals surface area contributed by atoms with Crippen LogP contribution in [0.25, 0.3) is 0 Å². The number of hydrogen-bond donors (Lipinski definition) is 1. The Morgan fingerprint density at radius 3 is 2.17 bits per heavy atom. The summed E-state index contributed by atoms with van der Waals surface area (Å²) in [5.74, 6) is 1.21. The Balaban J connectivity index is 1.91. The van der Waals surface area contributed by atoms with Crippen molar-refractivity contribution < 1.29 is 14.0 Å². The fourth-order valence-electron chi connectivity index (χ4n) is 1.47. The maximum Gasteiger partial charge on any atom is 0.147 e. The van der Waals surface area contributed by atoms with Crippen molar-refractivity contribution in [2.45, 2.75) is 6.61 Å². The summed E-state index contributed by atoms with van der Waals surface area (Å²) in [4.78, 5) is 5.09. The van der Waals surface area contributed by atoms with Gasteiger partial charge in [0.2, 0.25) is 0 Å². The van der Waals surface area contributed by atoms with Gasteiger partial charge in [-0.3, -0.25) is 0 Å². The van der Waals surface area contributed by atoms with E-state index in [9.17, 15) is 4.39 Å². The van der Waals surface area contributed by atoms with E-state index in [-0.39, 0.29) is 5.82 Å². The molecule has 0 amide bonds. The van der Waals surface area contributed by atoms with Crippen LogP contribution in [0.4, 0.5) is 4.39 Å². The van der Waals surface area contributed by atoms with E-state index in [0.717, 1.165) is 11.3 Å². The van der Waals surface area contributed by atoms with Crippen molar-refractivity contribution >= 4 is 0 Å². The highest BCUT2D eigenvalue weighted by Gasteiger charge is 1.98. The van der Waals surface area contributed by atoms with Gasteiger partial charge in [-0.1, -0.05) is 12.1 Å². The Labute approximate surface area is 105 Å². The molecule has 4 heteroatoms. The van der Waals surface area contributed by atoms with E-state index < -0.39 is 0 Å². The van der Waals surface area contributed by atoms with E-state index in [0.29, 0.717) is 12.4 Å². The zero-order chi connectivity index (χ0) is 12.8. The minimum absolute atomic E-state index is 0.243. The third kappa shape index (κ3) is 3.46. The van der Waals surface area contributed by atoms with Crippen LogP contribution in [0, 0.1) is 5.82 Å². The van der Waals surface area contributed by atoms with Crippen LogP contribution in [0.3, 0.4) is 0 Å². The first-order valence-electron chi connectivity index (χ1n) is 5.59. The van der Waals surface area contributed by atoms with Crippen molar-refractivity contribution in [2.24, 2.45) is 0 Å². The Morgan fingerprint density at radius 2 is 1.56 bits per heavy atom. The summed E-state index contributed by atoms with van der Waals surface area (Å²) in [7, 11) is 1.69. The Morgan fingerprint density at radius 1 is 0.944 bits per heavy atom. The molecule has 0 aliphatic carbocycles. The fourth-order valence-corrected chi connectivity index (χ4v) is 1.47. The van der Waals surface area contributed by atoms with Crippen molar-refractivity contribution in [2.75, 3.05) is 7.05 Å². The number of nitrogens with one attached hydrogen (secondary N) is 1. The van der Waals surface area contributed by atoms with Gasteiger partial charge in [0.15, 0.2) is 0 Å². The average molecular weight is 247 g/mol. The molecule has 0 unspecified atom stereocenters. The number of hydrogen-bond acceptors (Lipinski definition) is 3. The molecule has 0 aliphatic heterocycles. The highest BCUT2D eigenvalue weighted by atomic mass is 19.1. The third-order valence-corrected chi connectivity index (χ3v) is 2.36. The maximum absolute atomic E-state index is 12.7. The predicted octanol–water partition coefficient (Wildman–Crippen LogP) is 2.92. The number of ether oxygens (including phenoxy) is 1. The van der Waals surface area contributed by atoms with Crippen LogP contribution in [0.1, 0.15) is 5.56 Å². The van der Waals surface area contributed by atoms with Crippen LogP contribution >= 0.6 is 0 Å². The molecular formula is C14H14FNO2. The molecule has 0 saturated carbocycles. The van der Waals surface area contributed by atoms with Crippen molar-refractivity contribution in [1.29, 1.82) is 0 Å². The lowest BCUT2D eigenvalue weighted by atomic mass is 10.2. The topological polar surface area (TPSA) is 30.5 Å². The molecule has 2 aromatic carbocycles. The van der Waals surface area contributed by atoms with Gasteiger partial charge in [-0.2, -0.15) is 5.48 Å². The van der Waals surface area contributed by atoms with E-state index in [4.69, 9.17) is 9.57 Å². The summed E-state index contributed by atoms with van der Waals surface area (Å²) < 4.78 is 18.3. The summed E-state index contributed by atoms with van der Waals surface area (Å²) in [6.07, 6.45) is 0. The van der Waals surface area contributed by atoms with Gasteiger partial charge in [0.05, 0.1) is 0 Å². The lowest BCUT2D eigenvalue weighted by Gasteiger charge is -2.07. The second-order valence-corrected chi connectivity index (χ2v) is 3.69. The van der Waals surface area contributed by atoms with Gasteiger partial charge in [0.1, 0.15) is 23.9 Å². The molecule has 1 N–H and O–H groups in total. The molecule has 0 fully saturated rings. The molecule has 0 radical (unpaired) electrons. The van der Waals surface area contributed by atoms with Crippen molar-refractivity contribution in [1.82, 2.24) is 5.48 Å². The van der Waals surface area contributed by atoms with Crippen molar-refractivity contribution in [3.05, 3.63) is 59.9 Å². The van der Waals surface area contributed by atoms with Crippen molar-refractivity contribution in [3.63, 3.8) is 0 Å². The molecular weight excluding hydrogens is 233 g/mol. The molecule has 0 heterocycles. The third-order valence-electron chi connectivity index (χ3n) is 2.36. The Hall–Kier alpha value is -2.07. The van der Waals surface area contributed by atoms with E-state index >= 15 is 0 Å². The average Bonchev–Trinajstić information content (AvgIpc) is 2.40. The number of benzene rings is 2. The van der Waals surface area contributed by atoms with E-state index in [1.165, 1.54) is 12.1 Å². The van der Waals surface area contributed by atoms with Crippen LogP contribution in [0.15, 0.2) is 48.5 Å². The standard InChI is InChI=1S/C14H14FNO2/c1-16-18-14-8-6-13(7-9-14)17-10-11-2-4-12(15)5-3-11/h2-9,16H,10H2,1H3. The second kappa shape index (κ2) is 6.02. The first-order valence-corrected chi connectivity index (χ1v) is 5.59. The number of rotatable bonds is 5. The van der Waals surface area contributed by atoms with Gasteiger partial charge in [0, 0.05) is 7.05 Å². The molecule has 0 bridgehead atoms. The highest BCUT2D eigenvalue weighted by Crippen LogP contribution is 2.18. The monoisotopic (exact) mass is 247 g/mol. The first kappa shape index (κ1) is 12.4. The SMILES string of the molecule is CNOc1ccc(OCc2ccc(F)cc2)cc1. The summed E-state index contributed by atoms with van der Waals surface area (Å²) in [5.41, 5.74) is 3.51. The molecule has 0 spiro atoms. The minimum Gasteiger partial charge on any atom is -0.489 e. The summed E-state index contributed by atoms with van der Waals surface area (Å²) >= 11 is 0. The lowest BCUT2D eigenvalue weighted by molar-refractivity contribution is 0.223. The zero-order valence-electron chi connectivity index (χ0n) is 10.0. The van der Waals surface area contributed by atoms with E-state index in [1.54, 1.807) is 31.3 Å². The van der Waals surface area contributed by atoms with Crippen LogP contribution in [0.5, 0.6) is 11.5 Å². The molecule has 0 saturated heterocycles. The van der Waals surface area contributed by atoms with Crippen LogP contribution < -0.4 is 15.1 Å². The van der Waals surface area contributed by atoms with Gasteiger partial charge in [0.25, 0.3) is 0 Å². The van der Waals surface area contributed by atoms with Gasteiger partial charge in [-0.05, 0) is 42.0 Å². The van der Waals surface area contributed by atoms with Crippen LogP contribution in [-0.2, 0) is 6.61 Å². The van der Waals surface area contributed by atoms with Crippen LogP contribution in [0.2, 0.25) is 0 Å². The first-order chi connectivity index (χ1) is 8.78. The second-order valence-electron chi connectivity index (χ2n) is 3.69. The zero-order valence-corrected chi connectivity index (χ0v) is 10.0. The molecule has 2 aromatic rings. The molecule has 0 aromatic heterocycles. The molecule has 0 aliphatic rings. The molecule has 18 heavy (non-hydrogen) atoms. The molecule has 0 atom stereocenters. The van der Waals surface area contributed by atoms with E-state index in [2.05, 4.69) is 5.48 Å². The molecule has 3 nitrogen and oxygen atoms in total. The van der Waals surface area contributed by atoms with Gasteiger partial charge in [-0.15, -0.1) is 0 Å². The van der Waals surface area contributed by atoms with Crippen molar-refractivity contribution in [3.8, 4) is 11.5 Å². The van der Waals surface area contributed by atoms with Crippen LogP contribution in [-0.4, -0.2) is 7.05 Å². The quantitative estimate of drug-likeness (QED) is 0.824. The fraction of sp³-hybridized carbons (Fsp3) is 0.143. The van der Waals surface area contributed by atoms with Gasteiger partial charge >= 0.3 is 0 Å². The molecule has 94 valence electrons. The summed E-state index contributed by atoms with van der Waals surface area (Å²) in [5, 5.41) is 0. The smallest absolute Gasteiger partial charge is 0.147 e. The Kier molecular flexibility index (Phi) is 4.15. The predicted molar refractivity (Wildman–Crippen MR) is 66.9 cm³/mol. The van der Waals surface area contributed by atoms with Gasteiger partial charge in [-0.25, -0.2) is 4.39 Å². The Bertz CT molecular complexity index is 482. The van der Waals surface area contributed by atoms with E-state index in [1.807, 2.05) is 12.1 Å². The van der Waals surface area contributed by atoms with Gasteiger partial charge < -0.3 is 9.57 Å². The maximum atomic E-state index is 12.7. The summed E-state index contributed by atoms with van der Waals surface area (Å²) in [6, 6.07) is 13.5. The number of hydroxylamine groups is 1. The highest BCUT2D eigenvalue weighted by molar-refractivity contribution is 5.31. The summed E-state index contributed by atoms with van der Waals surface area (Å²) in [6.45, 7) is 0.409. The largest absolute Gasteiger partial charge is 0.489 e. The lowest BCUT2D eigenvalue weighted by Crippen LogP contribution is -2.10. The minimum atomic E-state index is -0.243. The molecule has 2 rings (SSSR count).